The van der Waals surface area contributed by atoms with E-state index >= 15 is 0 Å². The molecule has 0 heterocycles. The Morgan fingerprint density at radius 1 is 0.778 bits per heavy atom. The van der Waals surface area contributed by atoms with Crippen LogP contribution in [0.25, 0.3) is 0 Å². The molecule has 1 radical (unpaired) electrons. The SMILES string of the molecule is [Mn+2].[O]=[V](=[O])[O-].[O]=[V](=[O])[O-]. The Kier molecular flexibility index (Phi) is 21.1. The van der Waals surface area contributed by atoms with Crippen molar-refractivity contribution in [1.29, 1.82) is 0 Å². The molecular formula is MnO6V2. The maximum absolute atomic E-state index is 8.56. The van der Waals surface area contributed by atoms with Crippen LogP contribution in [0.1, 0.15) is 0 Å². The summed E-state index contributed by atoms with van der Waals surface area (Å²) in [6, 6.07) is 0. The second-order valence-corrected chi connectivity index (χ2v) is 1.84. The Bertz CT molecular complexity index is 128. The van der Waals surface area contributed by atoms with Crippen molar-refractivity contribution in [2.75, 3.05) is 0 Å². The van der Waals surface area contributed by atoms with Crippen molar-refractivity contribution in [3.8, 4) is 0 Å². The van der Waals surface area contributed by atoms with Gasteiger partial charge in [0.1, 0.15) is 0 Å². The fourth-order valence-electron chi connectivity index (χ4n) is 0. The Balaban J connectivity index is -0.0000000720. The standard InChI is InChI=1S/Mn.6O.2V/q+2;;;;;2*-1;;. The first kappa shape index (κ1) is 16.4. The summed E-state index contributed by atoms with van der Waals surface area (Å²) in [4.78, 5) is 0. The van der Waals surface area contributed by atoms with Crippen LogP contribution in [-0.2, 0) is 62.6 Å². The van der Waals surface area contributed by atoms with Gasteiger partial charge in [-0.2, -0.15) is 0 Å². The third kappa shape index (κ3) is 625. The minimum atomic E-state index is -3.94. The van der Waals surface area contributed by atoms with Gasteiger partial charge in [-0.25, -0.2) is 0 Å². The zero-order valence-electron chi connectivity index (χ0n) is 3.72. The molecule has 9 heavy (non-hydrogen) atoms. The summed E-state index contributed by atoms with van der Waals surface area (Å²) in [6.07, 6.45) is 0. The van der Waals surface area contributed by atoms with E-state index in [0.717, 1.165) is 0 Å². The van der Waals surface area contributed by atoms with Gasteiger partial charge in [0.05, 0.1) is 0 Å². The van der Waals surface area contributed by atoms with E-state index in [0.29, 0.717) is 0 Å². The van der Waals surface area contributed by atoms with Crippen LogP contribution in [0.2, 0.25) is 0 Å². The van der Waals surface area contributed by atoms with Crippen molar-refractivity contribution in [2.24, 2.45) is 0 Å². The average molecular weight is 253 g/mol. The van der Waals surface area contributed by atoms with E-state index in [2.05, 4.69) is 0 Å². The molecule has 0 saturated carbocycles. The van der Waals surface area contributed by atoms with Gasteiger partial charge in [0.2, 0.25) is 0 Å². The van der Waals surface area contributed by atoms with Crippen LogP contribution < -0.4 is 8.06 Å². The third-order valence-electron chi connectivity index (χ3n) is 0. The molecule has 0 bridgehead atoms. The zero-order valence-corrected chi connectivity index (χ0v) is 7.70. The molecular weight excluding hydrogens is 253 g/mol. The summed E-state index contributed by atoms with van der Waals surface area (Å²) in [6.45, 7) is 0. The van der Waals surface area contributed by atoms with Gasteiger partial charge in [-0.3, -0.25) is 0 Å². The van der Waals surface area contributed by atoms with Gasteiger partial charge in [0, 0.05) is 0 Å². The molecule has 0 atom stereocenters. The molecule has 0 saturated heterocycles. The molecule has 0 aliphatic carbocycles. The molecule has 6 nitrogen and oxygen atoms in total. The minimum absolute atomic E-state index is 0. The second kappa shape index (κ2) is 11.6. The van der Waals surface area contributed by atoms with Crippen LogP contribution in [0.15, 0.2) is 0 Å². The summed E-state index contributed by atoms with van der Waals surface area (Å²) in [5, 5.41) is 0. The van der Waals surface area contributed by atoms with E-state index in [4.69, 9.17) is 22.8 Å². The first-order valence-corrected chi connectivity index (χ1v) is 4.52. The Labute approximate surface area is 70.5 Å². The topological polar surface area (TPSA) is 114 Å². The fourth-order valence-corrected chi connectivity index (χ4v) is 0. The Morgan fingerprint density at radius 2 is 0.778 bits per heavy atom. The summed E-state index contributed by atoms with van der Waals surface area (Å²) in [5.74, 6) is 0. The molecule has 9 heteroatoms. The van der Waals surface area contributed by atoms with E-state index in [9.17, 15) is 0 Å². The summed E-state index contributed by atoms with van der Waals surface area (Å²) in [5.41, 5.74) is 0. The monoisotopic (exact) mass is 253 g/mol. The Morgan fingerprint density at radius 3 is 0.778 bits per heavy atom. The van der Waals surface area contributed by atoms with Crippen LogP contribution in [-0.4, -0.2) is 0 Å². The molecule has 0 rings (SSSR count). The fraction of sp³-hybridized carbons (Fsp3) is 0. The Hall–Kier alpha value is 0.808. The third-order valence-corrected chi connectivity index (χ3v) is 0. The van der Waals surface area contributed by atoms with E-state index in [1.54, 1.807) is 0 Å². The maximum atomic E-state index is 8.56. The average Bonchev–Trinajstić information content (AvgIpc) is 1.25. The predicted molar refractivity (Wildman–Crippen MR) is 2.75 cm³/mol. The normalized spacial score (nSPS) is 5.56. The number of hydrogen-bond donors (Lipinski definition) is 0. The zero-order chi connectivity index (χ0) is 7.15. The van der Waals surface area contributed by atoms with Crippen LogP contribution in [0.4, 0.5) is 0 Å². The van der Waals surface area contributed by atoms with Crippen LogP contribution in [0, 0.1) is 0 Å². The van der Waals surface area contributed by atoms with Crippen LogP contribution in [0.3, 0.4) is 0 Å². The van der Waals surface area contributed by atoms with Gasteiger partial charge < -0.3 is 0 Å². The molecule has 0 aromatic carbocycles. The van der Waals surface area contributed by atoms with Crippen molar-refractivity contribution >= 4 is 0 Å². The van der Waals surface area contributed by atoms with Gasteiger partial charge in [0.15, 0.2) is 0 Å². The molecule has 53 valence electrons. The molecule has 0 N–H and O–H groups in total. The van der Waals surface area contributed by atoms with Crippen LogP contribution in [0.5, 0.6) is 0 Å². The van der Waals surface area contributed by atoms with Gasteiger partial charge in [-0.15, -0.1) is 0 Å². The molecule has 0 aromatic heterocycles. The molecule has 0 amide bonds. The number of hydrogen-bond acceptors (Lipinski definition) is 6. The van der Waals surface area contributed by atoms with Crippen molar-refractivity contribution in [2.45, 2.75) is 0 Å². The van der Waals surface area contributed by atoms with Gasteiger partial charge >= 0.3 is 70.6 Å². The summed E-state index contributed by atoms with van der Waals surface area (Å²) >= 11 is -7.88. The predicted octanol–water partition coefficient (Wildman–Crippen LogP) is -2.86. The second-order valence-electron chi connectivity index (χ2n) is 0.447. The van der Waals surface area contributed by atoms with E-state index in [1.165, 1.54) is 0 Å². The molecule has 0 aliphatic heterocycles. The van der Waals surface area contributed by atoms with Crippen molar-refractivity contribution in [1.82, 2.24) is 0 Å². The van der Waals surface area contributed by atoms with E-state index < -0.39 is 30.8 Å². The molecule has 0 fully saturated rings. The quantitative estimate of drug-likeness (QED) is 0.429. The van der Waals surface area contributed by atoms with Crippen LogP contribution >= 0.6 is 0 Å². The number of rotatable bonds is 0. The first-order valence-electron chi connectivity index (χ1n) is 1.10. The van der Waals surface area contributed by atoms with Crippen molar-refractivity contribution < 1.29 is 70.6 Å². The van der Waals surface area contributed by atoms with Crippen molar-refractivity contribution in [3.05, 3.63) is 0 Å². The first-order chi connectivity index (χ1) is 3.46. The summed E-state index contributed by atoms with van der Waals surface area (Å²) in [7, 11) is 0. The molecule has 0 aliphatic rings. The van der Waals surface area contributed by atoms with Gasteiger partial charge in [0.25, 0.3) is 0 Å². The van der Waals surface area contributed by atoms with E-state index in [-0.39, 0.29) is 17.1 Å². The van der Waals surface area contributed by atoms with Gasteiger partial charge in [-0.1, -0.05) is 0 Å². The molecule has 0 spiro atoms. The molecule has 0 unspecified atom stereocenters. The van der Waals surface area contributed by atoms with Crippen molar-refractivity contribution in [3.63, 3.8) is 0 Å². The van der Waals surface area contributed by atoms with Gasteiger partial charge in [-0.05, 0) is 0 Å². The molecule has 0 aromatic rings. The summed E-state index contributed by atoms with van der Waals surface area (Å²) < 4.78 is 51.4. The van der Waals surface area contributed by atoms with E-state index in [1.807, 2.05) is 0 Å².